The van der Waals surface area contributed by atoms with Crippen molar-refractivity contribution in [3.8, 4) is 11.5 Å². The number of carbonyl (C=O) groups excluding carboxylic acids is 2. The molecule has 0 spiro atoms. The minimum atomic E-state index is -0.298. The number of urea groups is 1. The fourth-order valence-electron chi connectivity index (χ4n) is 4.74. The van der Waals surface area contributed by atoms with Crippen molar-refractivity contribution in [2.75, 3.05) is 32.6 Å². The molecule has 170 valence electrons. The van der Waals surface area contributed by atoms with Gasteiger partial charge in [-0.1, -0.05) is 31.0 Å². The summed E-state index contributed by atoms with van der Waals surface area (Å²) in [6.07, 6.45) is 4.79. The van der Waals surface area contributed by atoms with Crippen LogP contribution in [0.25, 0.3) is 0 Å². The van der Waals surface area contributed by atoms with Crippen molar-refractivity contribution in [2.24, 2.45) is 5.92 Å². The van der Waals surface area contributed by atoms with Crippen LogP contribution in [0, 0.1) is 5.92 Å². The van der Waals surface area contributed by atoms with E-state index in [1.165, 1.54) is 0 Å². The van der Waals surface area contributed by atoms with Crippen molar-refractivity contribution in [1.29, 1.82) is 0 Å². The molecule has 0 radical (unpaired) electrons. The van der Waals surface area contributed by atoms with Crippen molar-refractivity contribution in [1.82, 2.24) is 10.2 Å². The highest BCUT2D eigenvalue weighted by atomic mass is 16.5. The molecule has 1 fully saturated rings. The quantitative estimate of drug-likeness (QED) is 0.712. The van der Waals surface area contributed by atoms with Crippen molar-refractivity contribution in [2.45, 2.75) is 38.1 Å². The molecule has 2 aliphatic rings. The van der Waals surface area contributed by atoms with E-state index in [1.807, 2.05) is 42.5 Å². The van der Waals surface area contributed by atoms with Crippen LogP contribution in [0.2, 0.25) is 0 Å². The zero-order valence-corrected chi connectivity index (χ0v) is 18.7. The molecule has 0 aromatic heterocycles. The topological polar surface area (TPSA) is 79.9 Å². The molecule has 1 aliphatic heterocycles. The van der Waals surface area contributed by atoms with Gasteiger partial charge in [-0.15, -0.1) is 0 Å². The number of hydrogen-bond acceptors (Lipinski definition) is 4. The SMILES string of the molecule is COc1cc2c(cc1OC)C(CNC(=O)C1CCCC1)N(C(=O)Nc1ccccc1)CC2. The van der Waals surface area contributed by atoms with Crippen molar-refractivity contribution < 1.29 is 19.1 Å². The molecule has 0 bridgehead atoms. The zero-order chi connectivity index (χ0) is 22.5. The molecule has 7 nitrogen and oxygen atoms in total. The van der Waals surface area contributed by atoms with E-state index >= 15 is 0 Å². The molecule has 2 aromatic carbocycles. The Hall–Kier alpha value is -3.22. The standard InChI is InChI=1S/C25H31N3O4/c1-31-22-14-18-12-13-28(25(30)27-19-10-4-3-5-11-19)21(20(18)15-23(22)32-2)16-26-24(29)17-8-6-7-9-17/h3-5,10-11,14-15,17,21H,6-9,12-13,16H2,1-2H3,(H,26,29)(H,27,30). The molecule has 2 aromatic rings. The fraction of sp³-hybridized carbons (Fsp3) is 0.440. The largest absolute Gasteiger partial charge is 0.493 e. The summed E-state index contributed by atoms with van der Waals surface area (Å²) in [5.41, 5.74) is 2.82. The normalized spacial score (nSPS) is 18.1. The molecule has 1 unspecified atom stereocenters. The highest BCUT2D eigenvalue weighted by Gasteiger charge is 2.33. The van der Waals surface area contributed by atoms with E-state index in [9.17, 15) is 9.59 Å². The summed E-state index contributed by atoms with van der Waals surface area (Å²) < 4.78 is 11.0. The van der Waals surface area contributed by atoms with E-state index in [4.69, 9.17) is 9.47 Å². The van der Waals surface area contributed by atoms with Crippen LogP contribution in [0.4, 0.5) is 10.5 Å². The first-order valence-electron chi connectivity index (χ1n) is 11.3. The van der Waals surface area contributed by atoms with E-state index in [1.54, 1.807) is 19.1 Å². The number of nitrogens with one attached hydrogen (secondary N) is 2. The van der Waals surface area contributed by atoms with Gasteiger partial charge in [0.1, 0.15) is 0 Å². The summed E-state index contributed by atoms with van der Waals surface area (Å²) >= 11 is 0. The van der Waals surface area contributed by atoms with E-state index in [0.717, 1.165) is 42.5 Å². The first-order valence-corrected chi connectivity index (χ1v) is 11.3. The average Bonchev–Trinajstić information content (AvgIpc) is 3.37. The van der Waals surface area contributed by atoms with E-state index in [2.05, 4.69) is 10.6 Å². The number of nitrogens with zero attached hydrogens (tertiary/aromatic N) is 1. The third-order valence-corrected chi connectivity index (χ3v) is 6.48. The highest BCUT2D eigenvalue weighted by Crippen LogP contribution is 2.38. The number of hydrogen-bond donors (Lipinski definition) is 2. The van der Waals surface area contributed by atoms with Crippen LogP contribution in [-0.2, 0) is 11.2 Å². The zero-order valence-electron chi connectivity index (χ0n) is 18.7. The summed E-state index contributed by atoms with van der Waals surface area (Å²) in [6.45, 7) is 0.908. The number of methoxy groups -OCH3 is 2. The Morgan fingerprint density at radius 1 is 1.03 bits per heavy atom. The number of para-hydroxylation sites is 1. The lowest BCUT2D eigenvalue weighted by molar-refractivity contribution is -0.125. The summed E-state index contributed by atoms with van der Waals surface area (Å²) in [6, 6.07) is 12.8. The van der Waals surface area contributed by atoms with Crippen LogP contribution >= 0.6 is 0 Å². The van der Waals surface area contributed by atoms with E-state index < -0.39 is 0 Å². The molecular formula is C25H31N3O4. The molecule has 1 saturated carbocycles. The summed E-state index contributed by atoms with van der Waals surface area (Å²) in [5.74, 6) is 1.44. The van der Waals surface area contributed by atoms with Gasteiger partial charge in [0.15, 0.2) is 11.5 Å². The minimum Gasteiger partial charge on any atom is -0.493 e. The van der Waals surface area contributed by atoms with Gasteiger partial charge in [-0.25, -0.2) is 4.79 Å². The number of rotatable bonds is 6. The maximum absolute atomic E-state index is 13.2. The number of fused-ring (bicyclic) bond motifs is 1. The summed E-state index contributed by atoms with van der Waals surface area (Å²) in [5, 5.41) is 6.10. The van der Waals surface area contributed by atoms with Crippen LogP contribution in [0.3, 0.4) is 0 Å². The smallest absolute Gasteiger partial charge is 0.322 e. The molecule has 7 heteroatoms. The third-order valence-electron chi connectivity index (χ3n) is 6.48. The van der Waals surface area contributed by atoms with Crippen LogP contribution in [0.15, 0.2) is 42.5 Å². The van der Waals surface area contributed by atoms with Gasteiger partial charge in [0.05, 0.1) is 20.3 Å². The molecule has 1 aliphatic carbocycles. The molecule has 1 heterocycles. The average molecular weight is 438 g/mol. The Morgan fingerprint density at radius 2 is 1.72 bits per heavy atom. The Balaban J connectivity index is 1.60. The number of anilines is 1. The minimum absolute atomic E-state index is 0.0788. The van der Waals surface area contributed by atoms with Crippen LogP contribution in [0.1, 0.15) is 42.9 Å². The predicted molar refractivity (Wildman–Crippen MR) is 123 cm³/mol. The van der Waals surface area contributed by atoms with Crippen LogP contribution in [-0.4, -0.2) is 44.1 Å². The lowest BCUT2D eigenvalue weighted by Crippen LogP contribution is -2.47. The van der Waals surface area contributed by atoms with Crippen molar-refractivity contribution in [3.63, 3.8) is 0 Å². The van der Waals surface area contributed by atoms with E-state index in [0.29, 0.717) is 31.0 Å². The van der Waals surface area contributed by atoms with Crippen molar-refractivity contribution >= 4 is 17.6 Å². The molecule has 2 N–H and O–H groups in total. The molecule has 4 rings (SSSR count). The maximum Gasteiger partial charge on any atom is 0.322 e. The second-order valence-electron chi connectivity index (χ2n) is 8.39. The van der Waals surface area contributed by atoms with Gasteiger partial charge in [0.25, 0.3) is 0 Å². The lowest BCUT2D eigenvalue weighted by atomic mass is 9.91. The number of ether oxygens (including phenoxy) is 2. The predicted octanol–water partition coefficient (Wildman–Crippen LogP) is 4.14. The lowest BCUT2D eigenvalue weighted by Gasteiger charge is -2.38. The molecule has 3 amide bonds. The third kappa shape index (κ3) is 4.66. The second-order valence-corrected chi connectivity index (χ2v) is 8.39. The van der Waals surface area contributed by atoms with Crippen molar-refractivity contribution in [3.05, 3.63) is 53.6 Å². The second kappa shape index (κ2) is 9.94. The summed E-state index contributed by atoms with van der Waals surface area (Å²) in [4.78, 5) is 27.7. The molecule has 1 atom stereocenters. The van der Waals surface area contributed by atoms with Gasteiger partial charge in [0, 0.05) is 24.7 Å². The number of amides is 3. The van der Waals surface area contributed by atoms with Gasteiger partial charge in [-0.2, -0.15) is 0 Å². The number of carbonyl (C=O) groups is 2. The van der Waals surface area contributed by atoms with Gasteiger partial charge >= 0.3 is 6.03 Å². The number of benzene rings is 2. The van der Waals surface area contributed by atoms with Gasteiger partial charge in [-0.3, -0.25) is 4.79 Å². The first-order chi connectivity index (χ1) is 15.6. The maximum atomic E-state index is 13.2. The molecule has 0 saturated heterocycles. The van der Waals surface area contributed by atoms with Gasteiger partial charge in [-0.05, 0) is 54.7 Å². The van der Waals surface area contributed by atoms with Gasteiger partial charge in [0.2, 0.25) is 5.91 Å². The highest BCUT2D eigenvalue weighted by molar-refractivity contribution is 5.90. The fourth-order valence-corrected chi connectivity index (χ4v) is 4.74. The summed E-state index contributed by atoms with van der Waals surface area (Å²) in [7, 11) is 3.22. The Kier molecular flexibility index (Phi) is 6.83. The first kappa shape index (κ1) is 22.0. The Labute approximate surface area is 189 Å². The molecule has 32 heavy (non-hydrogen) atoms. The Morgan fingerprint density at radius 3 is 2.41 bits per heavy atom. The monoisotopic (exact) mass is 437 g/mol. The molecular weight excluding hydrogens is 406 g/mol. The Bertz CT molecular complexity index is 957. The van der Waals surface area contributed by atoms with Gasteiger partial charge < -0.3 is 25.0 Å². The van der Waals surface area contributed by atoms with E-state index in [-0.39, 0.29) is 23.9 Å². The van der Waals surface area contributed by atoms with Crippen LogP contribution < -0.4 is 20.1 Å². The van der Waals surface area contributed by atoms with Crippen LogP contribution in [0.5, 0.6) is 11.5 Å².